The summed E-state index contributed by atoms with van der Waals surface area (Å²) in [5.41, 5.74) is 2.29. The number of nitrogens with one attached hydrogen (secondary N) is 1. The third-order valence-electron chi connectivity index (χ3n) is 4.52. The Hall–Kier alpha value is -3.52. The van der Waals surface area contributed by atoms with E-state index in [1.165, 1.54) is 10.9 Å². The van der Waals surface area contributed by atoms with Crippen LogP contribution >= 0.6 is 11.6 Å². The van der Waals surface area contributed by atoms with E-state index in [2.05, 4.69) is 15.4 Å². The molecule has 4 aromatic rings. The molecule has 2 aromatic heterocycles. The van der Waals surface area contributed by atoms with E-state index in [1.807, 2.05) is 31.3 Å². The molecule has 9 heteroatoms. The lowest BCUT2D eigenvalue weighted by atomic mass is 10.2. The zero-order valence-corrected chi connectivity index (χ0v) is 15.5. The maximum Gasteiger partial charge on any atom is 0.295 e. The van der Waals surface area contributed by atoms with E-state index >= 15 is 0 Å². The number of nitrogens with zero attached hydrogens (tertiary/aromatic N) is 4. The number of anilines is 2. The number of para-hydroxylation sites is 2. The van der Waals surface area contributed by atoms with Crippen LogP contribution in [0.5, 0.6) is 11.5 Å². The number of imidazole rings is 1. The van der Waals surface area contributed by atoms with Crippen LogP contribution in [-0.4, -0.2) is 26.1 Å². The van der Waals surface area contributed by atoms with Crippen molar-refractivity contribution in [3.05, 3.63) is 64.0 Å². The summed E-state index contributed by atoms with van der Waals surface area (Å²) in [7, 11) is 1.82. The van der Waals surface area contributed by atoms with Gasteiger partial charge in [-0.2, -0.15) is 9.78 Å². The Morgan fingerprint density at radius 1 is 1.14 bits per heavy atom. The molecule has 0 fully saturated rings. The lowest BCUT2D eigenvalue weighted by Gasteiger charge is -2.10. The van der Waals surface area contributed by atoms with Crippen molar-refractivity contribution in [1.29, 1.82) is 0 Å². The third-order valence-corrected chi connectivity index (χ3v) is 4.89. The molecule has 28 heavy (non-hydrogen) atoms. The topological polar surface area (TPSA) is 83.2 Å². The molecule has 0 bridgehead atoms. The number of halogens is 1. The SMILES string of the molecule is Cn1c(-n2ncc(Nc3ccc4c(c3)OCO4)c(Cl)c2=O)nc2ccccc21. The number of hydrogen-bond acceptors (Lipinski definition) is 6. The van der Waals surface area contributed by atoms with Crippen molar-refractivity contribution >= 4 is 34.0 Å². The van der Waals surface area contributed by atoms with Crippen molar-refractivity contribution in [2.45, 2.75) is 0 Å². The minimum atomic E-state index is -0.467. The Bertz CT molecular complexity index is 1280. The molecule has 2 aromatic carbocycles. The fourth-order valence-corrected chi connectivity index (χ4v) is 3.29. The van der Waals surface area contributed by atoms with Crippen LogP contribution in [0.1, 0.15) is 0 Å². The molecule has 1 N–H and O–H groups in total. The quantitative estimate of drug-likeness (QED) is 0.573. The smallest absolute Gasteiger partial charge is 0.295 e. The Morgan fingerprint density at radius 2 is 1.96 bits per heavy atom. The minimum absolute atomic E-state index is 0.0136. The Balaban J connectivity index is 1.53. The molecule has 0 aliphatic carbocycles. The zero-order chi connectivity index (χ0) is 19.3. The van der Waals surface area contributed by atoms with Gasteiger partial charge in [0.25, 0.3) is 5.56 Å². The molecule has 5 rings (SSSR count). The average molecular weight is 396 g/mol. The molecule has 0 saturated heterocycles. The molecule has 0 radical (unpaired) electrons. The molecule has 1 aliphatic heterocycles. The summed E-state index contributed by atoms with van der Waals surface area (Å²) < 4.78 is 13.6. The van der Waals surface area contributed by atoms with E-state index in [0.29, 0.717) is 28.8 Å². The molecule has 0 saturated carbocycles. The first-order valence-electron chi connectivity index (χ1n) is 8.48. The largest absolute Gasteiger partial charge is 0.454 e. The number of aromatic nitrogens is 4. The summed E-state index contributed by atoms with van der Waals surface area (Å²) in [6.07, 6.45) is 1.49. The molecular formula is C19H14ClN5O3. The van der Waals surface area contributed by atoms with Gasteiger partial charge in [0, 0.05) is 18.8 Å². The second-order valence-electron chi connectivity index (χ2n) is 6.24. The van der Waals surface area contributed by atoms with Crippen LogP contribution in [-0.2, 0) is 7.05 Å². The predicted octanol–water partition coefficient (Wildman–Crippen LogP) is 3.24. The number of hydrogen-bond donors (Lipinski definition) is 1. The van der Waals surface area contributed by atoms with Gasteiger partial charge < -0.3 is 19.4 Å². The number of fused-ring (bicyclic) bond motifs is 2. The van der Waals surface area contributed by atoms with Gasteiger partial charge >= 0.3 is 0 Å². The van der Waals surface area contributed by atoms with Gasteiger partial charge in [0.2, 0.25) is 12.7 Å². The fourth-order valence-electron chi connectivity index (χ4n) is 3.11. The molecule has 0 unspecified atom stereocenters. The molecule has 3 heterocycles. The van der Waals surface area contributed by atoms with E-state index in [0.717, 1.165) is 11.0 Å². The number of aryl methyl sites for hydroxylation is 1. The highest BCUT2D eigenvalue weighted by Gasteiger charge is 2.17. The highest BCUT2D eigenvalue weighted by Crippen LogP contribution is 2.35. The summed E-state index contributed by atoms with van der Waals surface area (Å²) in [5, 5.41) is 7.36. The normalized spacial score (nSPS) is 12.5. The average Bonchev–Trinajstić information content (AvgIpc) is 3.30. The van der Waals surface area contributed by atoms with Crippen LogP contribution in [0, 0.1) is 0 Å². The summed E-state index contributed by atoms with van der Waals surface area (Å²) in [5.74, 6) is 1.69. The molecule has 1 aliphatic rings. The van der Waals surface area contributed by atoms with Crippen LogP contribution in [0.15, 0.2) is 53.5 Å². The Kier molecular flexibility index (Phi) is 3.73. The summed E-state index contributed by atoms with van der Waals surface area (Å²) >= 11 is 6.34. The van der Waals surface area contributed by atoms with Crippen molar-refractivity contribution in [2.75, 3.05) is 12.1 Å². The van der Waals surface area contributed by atoms with Gasteiger partial charge in [0.05, 0.1) is 22.9 Å². The first kappa shape index (κ1) is 16.6. The van der Waals surface area contributed by atoms with Gasteiger partial charge in [-0.25, -0.2) is 4.98 Å². The van der Waals surface area contributed by atoms with Gasteiger partial charge in [-0.3, -0.25) is 4.79 Å². The highest BCUT2D eigenvalue weighted by atomic mass is 35.5. The monoisotopic (exact) mass is 395 g/mol. The number of rotatable bonds is 3. The van der Waals surface area contributed by atoms with E-state index in [1.54, 1.807) is 22.8 Å². The van der Waals surface area contributed by atoms with Crippen LogP contribution < -0.4 is 20.3 Å². The van der Waals surface area contributed by atoms with Crippen molar-refractivity contribution < 1.29 is 9.47 Å². The Morgan fingerprint density at radius 3 is 2.82 bits per heavy atom. The van der Waals surface area contributed by atoms with E-state index in [9.17, 15) is 4.79 Å². The van der Waals surface area contributed by atoms with Crippen molar-refractivity contribution in [3.8, 4) is 17.4 Å². The molecule has 0 spiro atoms. The van der Waals surface area contributed by atoms with E-state index < -0.39 is 5.56 Å². The molecule has 8 nitrogen and oxygen atoms in total. The van der Waals surface area contributed by atoms with Crippen molar-refractivity contribution in [2.24, 2.45) is 7.05 Å². The predicted molar refractivity (Wildman–Crippen MR) is 105 cm³/mol. The fraction of sp³-hybridized carbons (Fsp3) is 0.105. The van der Waals surface area contributed by atoms with E-state index in [-0.39, 0.29) is 11.8 Å². The van der Waals surface area contributed by atoms with E-state index in [4.69, 9.17) is 21.1 Å². The summed E-state index contributed by atoms with van der Waals surface area (Å²) in [6.45, 7) is 0.190. The highest BCUT2D eigenvalue weighted by molar-refractivity contribution is 6.33. The molecule has 0 atom stereocenters. The first-order chi connectivity index (χ1) is 13.6. The molecular weight excluding hydrogens is 382 g/mol. The first-order valence-corrected chi connectivity index (χ1v) is 8.86. The second kappa shape index (κ2) is 6.28. The molecule has 140 valence electrons. The summed E-state index contributed by atoms with van der Waals surface area (Å²) in [4.78, 5) is 17.3. The lowest BCUT2D eigenvalue weighted by Crippen LogP contribution is -2.24. The number of benzene rings is 2. The minimum Gasteiger partial charge on any atom is -0.454 e. The molecule has 0 amide bonds. The zero-order valence-electron chi connectivity index (χ0n) is 14.7. The maximum atomic E-state index is 12.8. The maximum absolute atomic E-state index is 12.8. The van der Waals surface area contributed by atoms with Gasteiger partial charge in [-0.1, -0.05) is 23.7 Å². The number of ether oxygens (including phenoxy) is 2. The van der Waals surface area contributed by atoms with Crippen LogP contribution in [0.4, 0.5) is 11.4 Å². The van der Waals surface area contributed by atoms with Crippen LogP contribution in [0.2, 0.25) is 5.02 Å². The van der Waals surface area contributed by atoms with Gasteiger partial charge in [0.1, 0.15) is 5.02 Å². The second-order valence-corrected chi connectivity index (χ2v) is 6.62. The van der Waals surface area contributed by atoms with Gasteiger partial charge in [-0.15, -0.1) is 0 Å². The van der Waals surface area contributed by atoms with Crippen molar-refractivity contribution in [3.63, 3.8) is 0 Å². The van der Waals surface area contributed by atoms with Crippen LogP contribution in [0.25, 0.3) is 17.0 Å². The van der Waals surface area contributed by atoms with Gasteiger partial charge in [0.15, 0.2) is 11.5 Å². The van der Waals surface area contributed by atoms with Gasteiger partial charge in [-0.05, 0) is 24.3 Å². The van der Waals surface area contributed by atoms with Crippen LogP contribution in [0.3, 0.4) is 0 Å². The van der Waals surface area contributed by atoms with Crippen molar-refractivity contribution in [1.82, 2.24) is 19.3 Å². The Labute approximate surface area is 163 Å². The third kappa shape index (κ3) is 2.57. The summed E-state index contributed by atoms with van der Waals surface area (Å²) in [6, 6.07) is 13.0. The lowest BCUT2D eigenvalue weighted by molar-refractivity contribution is 0.174. The standard InChI is InChI=1S/C19H14ClN5O3/c1-24-14-5-3-2-4-12(14)23-19(24)25-18(26)17(20)13(9-21-25)22-11-6-7-15-16(8-11)28-10-27-15/h2-9,22H,10H2,1H3.